The molecule has 0 spiro atoms. The quantitative estimate of drug-likeness (QED) is 0.0240. The zero-order valence-corrected chi connectivity index (χ0v) is 38.0. The number of nitrogens with two attached hydrogens (primary N) is 4. The molecule has 0 unspecified atom stereocenters. The predicted molar refractivity (Wildman–Crippen MR) is 244 cm³/mol. The van der Waals surface area contributed by atoms with Crippen LogP contribution in [0.15, 0.2) is 65.7 Å². The largest absolute Gasteiger partial charge is 0.480 e. The van der Waals surface area contributed by atoms with Crippen LogP contribution in [0.3, 0.4) is 0 Å². The molecule has 0 radical (unpaired) electrons. The molecule has 362 valence electrons. The summed E-state index contributed by atoms with van der Waals surface area (Å²) < 4.78 is 0. The number of hydrogen-bond donors (Lipinski definition) is 12. The molecule has 0 aliphatic heterocycles. The van der Waals surface area contributed by atoms with Crippen molar-refractivity contribution in [1.82, 2.24) is 37.2 Å². The lowest BCUT2D eigenvalue weighted by atomic mass is 9.98. The number of amides is 8. The number of guanidine groups is 1. The minimum Gasteiger partial charge on any atom is -0.480 e. The average Bonchev–Trinajstić information content (AvgIpc) is 3.26. The second-order valence-corrected chi connectivity index (χ2v) is 16.2. The van der Waals surface area contributed by atoms with Gasteiger partial charge in [0.05, 0.1) is 6.42 Å². The second kappa shape index (κ2) is 27.9. The Labute approximate surface area is 384 Å². The molecule has 2 aromatic rings. The van der Waals surface area contributed by atoms with Gasteiger partial charge in [0.1, 0.15) is 42.3 Å². The molecule has 8 amide bonds. The highest BCUT2D eigenvalue weighted by Gasteiger charge is 2.35. The molecule has 0 bridgehead atoms. The molecule has 0 fully saturated rings. The van der Waals surface area contributed by atoms with Crippen molar-refractivity contribution in [3.63, 3.8) is 0 Å². The van der Waals surface area contributed by atoms with Gasteiger partial charge >= 0.3 is 5.97 Å². The molecule has 2 rings (SSSR count). The molecule has 66 heavy (non-hydrogen) atoms. The third-order valence-corrected chi connectivity index (χ3v) is 10.4. The van der Waals surface area contributed by atoms with Crippen LogP contribution in [0.2, 0.25) is 0 Å². The van der Waals surface area contributed by atoms with E-state index in [0.29, 0.717) is 17.5 Å². The van der Waals surface area contributed by atoms with Crippen molar-refractivity contribution in [2.75, 3.05) is 13.1 Å². The number of primary amides is 1. The van der Waals surface area contributed by atoms with E-state index in [1.54, 1.807) is 88.4 Å². The van der Waals surface area contributed by atoms with Crippen LogP contribution in [0.1, 0.15) is 71.4 Å². The highest BCUT2D eigenvalue weighted by atomic mass is 16.4. The third kappa shape index (κ3) is 19.3. The van der Waals surface area contributed by atoms with Gasteiger partial charge in [-0.25, -0.2) is 4.79 Å². The lowest BCUT2D eigenvalue weighted by molar-refractivity contribution is -0.144. The molecular weight excluding hydrogens is 857 g/mol. The van der Waals surface area contributed by atoms with Crippen LogP contribution in [-0.2, 0) is 56.0 Å². The van der Waals surface area contributed by atoms with Gasteiger partial charge in [0, 0.05) is 32.9 Å². The van der Waals surface area contributed by atoms with Gasteiger partial charge in [0.15, 0.2) is 5.96 Å². The minimum absolute atomic E-state index is 0.0143. The fourth-order valence-corrected chi connectivity index (χ4v) is 6.57. The molecule has 0 saturated carbocycles. The van der Waals surface area contributed by atoms with E-state index in [1.807, 2.05) is 0 Å². The Hall–Kier alpha value is -7.10. The van der Waals surface area contributed by atoms with Gasteiger partial charge in [-0.3, -0.25) is 43.3 Å². The number of carbonyl (C=O) groups is 9. The molecule has 0 saturated heterocycles. The van der Waals surface area contributed by atoms with Crippen LogP contribution >= 0.6 is 0 Å². The van der Waals surface area contributed by atoms with Crippen LogP contribution < -0.4 is 60.2 Å². The van der Waals surface area contributed by atoms with E-state index >= 15 is 0 Å². The number of hydrogen-bond acceptors (Lipinski definition) is 11. The van der Waals surface area contributed by atoms with E-state index in [2.05, 4.69) is 42.2 Å². The minimum atomic E-state index is -1.64. The highest BCUT2D eigenvalue weighted by molar-refractivity contribution is 5.98. The normalized spacial score (nSPS) is 14.5. The Morgan fingerprint density at radius 1 is 0.591 bits per heavy atom. The predicted octanol–water partition coefficient (Wildman–Crippen LogP) is -2.44. The number of benzene rings is 2. The maximum atomic E-state index is 14.4. The van der Waals surface area contributed by atoms with Gasteiger partial charge < -0.3 is 65.3 Å². The number of rotatable bonds is 28. The molecule has 22 nitrogen and oxygen atoms in total. The maximum Gasteiger partial charge on any atom is 0.326 e. The first-order valence-corrected chi connectivity index (χ1v) is 21.6. The van der Waals surface area contributed by atoms with Gasteiger partial charge in [-0.2, -0.15) is 0 Å². The molecule has 22 heteroatoms. The van der Waals surface area contributed by atoms with E-state index in [4.69, 9.17) is 22.9 Å². The van der Waals surface area contributed by atoms with E-state index in [9.17, 15) is 48.3 Å². The highest BCUT2D eigenvalue weighted by Crippen LogP contribution is 2.12. The first kappa shape index (κ1) is 55.0. The Morgan fingerprint density at radius 3 is 1.45 bits per heavy atom. The van der Waals surface area contributed by atoms with Crippen LogP contribution in [0.4, 0.5) is 0 Å². The SMILES string of the molecule is CC[C@H](C)[C@H](NC(=O)[C@H](CC(N)=O)NC(=O)[C@H](CN)NC(=O)[C@H](Cc1ccccc1)NC(=O)[C@H](Cc1ccccc1)NC(=O)[C@H](CCCN=C(N)N)NC(=O)[C@@H](NC(C)=O)C(C)C)C(=O)O. The zero-order valence-electron chi connectivity index (χ0n) is 38.0. The van der Waals surface area contributed by atoms with Gasteiger partial charge in [-0.1, -0.05) is 94.8 Å². The number of nitrogens with one attached hydrogen (secondary N) is 7. The van der Waals surface area contributed by atoms with Crippen LogP contribution in [0, 0.1) is 11.8 Å². The van der Waals surface area contributed by atoms with Gasteiger partial charge in [0.25, 0.3) is 0 Å². The van der Waals surface area contributed by atoms with Crippen molar-refractivity contribution >= 4 is 59.2 Å². The number of carboxylic acids is 1. The summed E-state index contributed by atoms with van der Waals surface area (Å²) in [4.78, 5) is 123. The van der Waals surface area contributed by atoms with Crippen molar-refractivity contribution in [3.05, 3.63) is 71.8 Å². The number of aliphatic imine (C=N–C) groups is 1. The van der Waals surface area contributed by atoms with Crippen molar-refractivity contribution < 1.29 is 48.3 Å². The maximum absolute atomic E-state index is 14.4. The molecule has 0 heterocycles. The van der Waals surface area contributed by atoms with Gasteiger partial charge in [0.2, 0.25) is 47.3 Å². The van der Waals surface area contributed by atoms with E-state index in [-0.39, 0.29) is 44.1 Å². The monoisotopic (exact) mass is 923 g/mol. The Bertz CT molecular complexity index is 2000. The first-order chi connectivity index (χ1) is 31.2. The topological polar surface area (TPSA) is 375 Å². The molecule has 0 aliphatic carbocycles. The molecule has 0 aromatic heterocycles. The smallest absolute Gasteiger partial charge is 0.326 e. The fraction of sp³-hybridized carbons (Fsp3) is 0.500. The number of aliphatic carboxylic acids is 1. The summed E-state index contributed by atoms with van der Waals surface area (Å²) in [5, 5.41) is 27.5. The second-order valence-electron chi connectivity index (χ2n) is 16.2. The molecule has 8 atom stereocenters. The fourth-order valence-electron chi connectivity index (χ4n) is 6.57. The Morgan fingerprint density at radius 2 is 1.03 bits per heavy atom. The summed E-state index contributed by atoms with van der Waals surface area (Å²) in [6.07, 6.45) is -0.296. The van der Waals surface area contributed by atoms with Crippen molar-refractivity contribution in [3.8, 4) is 0 Å². The standard InChI is InChI=1S/C44H66N12O10/c1-6-25(4)36(43(65)66)56-40(62)32(22-34(46)58)54-41(63)33(23-45)55-39(61)31(21-28-16-11-8-12-17-28)53-38(60)30(20-27-14-9-7-10-15-27)52-37(59)29(18-13-19-49-44(47)48)51-42(64)35(24(2)3)50-26(5)57/h7-12,14-17,24-25,29-33,35-36H,6,13,18-23,45H2,1-5H3,(H2,46,58)(H,50,57)(H,51,64)(H,52,59)(H,53,60)(H,54,63)(H,55,61)(H,56,62)(H,65,66)(H4,47,48,49)/t25-,29-,30-,31-,32-,33-,35-,36-/m0/s1. The molecule has 16 N–H and O–H groups in total. The van der Waals surface area contributed by atoms with Crippen LogP contribution in [0.25, 0.3) is 0 Å². The van der Waals surface area contributed by atoms with Gasteiger partial charge in [-0.15, -0.1) is 0 Å². The summed E-state index contributed by atoms with van der Waals surface area (Å²) in [6.45, 7) is 7.57. The van der Waals surface area contributed by atoms with Crippen molar-refractivity contribution in [2.24, 2.45) is 39.8 Å². The summed E-state index contributed by atoms with van der Waals surface area (Å²) >= 11 is 0. The van der Waals surface area contributed by atoms with E-state index in [1.165, 1.54) is 6.92 Å². The Balaban J connectivity index is 2.49. The zero-order chi connectivity index (χ0) is 49.5. The van der Waals surface area contributed by atoms with E-state index < -0.39 is 114 Å². The van der Waals surface area contributed by atoms with Gasteiger partial charge in [-0.05, 0) is 35.8 Å². The lowest BCUT2D eigenvalue weighted by Crippen LogP contribution is -2.62. The summed E-state index contributed by atoms with van der Waals surface area (Å²) in [6, 6.07) is 7.64. The molecule has 0 aliphatic rings. The van der Waals surface area contributed by atoms with Crippen molar-refractivity contribution in [2.45, 2.75) is 115 Å². The summed E-state index contributed by atoms with van der Waals surface area (Å²) in [7, 11) is 0. The number of nitrogens with zero attached hydrogens (tertiary/aromatic N) is 1. The van der Waals surface area contributed by atoms with Crippen LogP contribution in [-0.4, -0.2) is 120 Å². The van der Waals surface area contributed by atoms with Crippen LogP contribution in [0.5, 0.6) is 0 Å². The number of carbonyl (C=O) groups excluding carboxylic acids is 8. The molecule has 2 aromatic carbocycles. The average molecular weight is 923 g/mol. The first-order valence-electron chi connectivity index (χ1n) is 21.6. The van der Waals surface area contributed by atoms with E-state index in [0.717, 1.165) is 0 Å². The lowest BCUT2D eigenvalue weighted by Gasteiger charge is -2.28. The molecular formula is C44H66N12O10. The third-order valence-electron chi connectivity index (χ3n) is 10.4. The summed E-state index contributed by atoms with van der Waals surface area (Å²) in [5.41, 5.74) is 23.4. The Kier molecular flexibility index (Phi) is 23.3. The van der Waals surface area contributed by atoms with Crippen molar-refractivity contribution in [1.29, 1.82) is 0 Å². The summed E-state index contributed by atoms with van der Waals surface area (Å²) in [5.74, 6) is -9.04. The number of carboxylic acid groups (broad SMARTS) is 1.